The Balaban J connectivity index is 1.56. The molecule has 0 spiro atoms. The molecule has 4 rings (SSSR count). The fraction of sp³-hybridized carbons (Fsp3) is 0.958. The average molecular weight is 393 g/mol. The minimum absolute atomic E-state index is 0.0591. The van der Waals surface area contributed by atoms with Gasteiger partial charge in [0.25, 0.3) is 0 Å². The van der Waals surface area contributed by atoms with Crippen molar-refractivity contribution < 1.29 is 20.1 Å². The standard InChI is InChI=1S/C24H40O4/c1-14(4-9-22(27)28)18-7-8-19-17-6-5-15-12-16(25)10-11-23(15,2)20(17)13-21(26)24(18,19)3/h14-21,25-26H,4-13H2,1-3H3,(H,27,28)/t14?,15-,16-,17+,18-,19+,20+,21+,23+,24-/m1/s1. The molecule has 0 amide bonds. The Bertz CT molecular complexity index is 605. The molecule has 4 aliphatic rings. The molecule has 1 unspecified atom stereocenters. The van der Waals surface area contributed by atoms with Crippen LogP contribution in [-0.2, 0) is 4.79 Å². The van der Waals surface area contributed by atoms with Crippen LogP contribution in [0.2, 0.25) is 0 Å². The van der Waals surface area contributed by atoms with Crippen molar-refractivity contribution in [2.24, 2.45) is 46.3 Å². The molecule has 4 nitrogen and oxygen atoms in total. The van der Waals surface area contributed by atoms with Crippen LogP contribution < -0.4 is 0 Å². The summed E-state index contributed by atoms with van der Waals surface area (Å²) in [6.45, 7) is 6.99. The Hall–Kier alpha value is -0.610. The number of fused-ring (bicyclic) bond motifs is 5. The number of hydrogen-bond acceptors (Lipinski definition) is 3. The van der Waals surface area contributed by atoms with Crippen molar-refractivity contribution in [1.29, 1.82) is 0 Å². The third-order valence-electron chi connectivity index (χ3n) is 10.3. The third kappa shape index (κ3) is 3.05. The van der Waals surface area contributed by atoms with E-state index in [0.29, 0.717) is 35.5 Å². The molecule has 0 bridgehead atoms. The second kappa shape index (κ2) is 7.27. The van der Waals surface area contributed by atoms with Crippen LogP contribution in [0.25, 0.3) is 0 Å². The van der Waals surface area contributed by atoms with E-state index in [0.717, 1.165) is 38.5 Å². The Morgan fingerprint density at radius 1 is 1.04 bits per heavy atom. The molecule has 0 aliphatic heterocycles. The van der Waals surface area contributed by atoms with Crippen molar-refractivity contribution in [2.45, 2.75) is 97.2 Å². The first kappa shape index (κ1) is 20.7. The lowest BCUT2D eigenvalue weighted by atomic mass is 9.43. The molecule has 4 saturated carbocycles. The summed E-state index contributed by atoms with van der Waals surface area (Å²) in [5.74, 6) is 2.55. The summed E-state index contributed by atoms with van der Waals surface area (Å²) in [6, 6.07) is 0. The highest BCUT2D eigenvalue weighted by molar-refractivity contribution is 5.66. The normalized spacial score (nSPS) is 51.7. The van der Waals surface area contributed by atoms with E-state index in [1.807, 2.05) is 0 Å². The van der Waals surface area contributed by atoms with E-state index in [2.05, 4.69) is 20.8 Å². The second-order valence-electron chi connectivity index (χ2n) is 11.3. The zero-order valence-electron chi connectivity index (χ0n) is 17.9. The van der Waals surface area contributed by atoms with Crippen LogP contribution in [-0.4, -0.2) is 33.5 Å². The summed E-state index contributed by atoms with van der Waals surface area (Å²) < 4.78 is 0. The van der Waals surface area contributed by atoms with Crippen molar-refractivity contribution in [1.82, 2.24) is 0 Å². The number of hydrogen-bond donors (Lipinski definition) is 3. The van der Waals surface area contributed by atoms with Gasteiger partial charge >= 0.3 is 5.97 Å². The zero-order chi connectivity index (χ0) is 20.3. The van der Waals surface area contributed by atoms with Gasteiger partial charge in [0.2, 0.25) is 0 Å². The predicted molar refractivity (Wildman–Crippen MR) is 109 cm³/mol. The van der Waals surface area contributed by atoms with E-state index < -0.39 is 5.97 Å². The third-order valence-corrected chi connectivity index (χ3v) is 10.3. The van der Waals surface area contributed by atoms with Gasteiger partial charge in [0.05, 0.1) is 12.2 Å². The van der Waals surface area contributed by atoms with Crippen LogP contribution >= 0.6 is 0 Å². The fourth-order valence-electron chi connectivity index (χ4n) is 8.71. The van der Waals surface area contributed by atoms with Crippen LogP contribution in [0.15, 0.2) is 0 Å². The molecule has 0 saturated heterocycles. The molecular weight excluding hydrogens is 352 g/mol. The van der Waals surface area contributed by atoms with Crippen LogP contribution in [0, 0.1) is 46.3 Å². The van der Waals surface area contributed by atoms with Gasteiger partial charge in [-0.2, -0.15) is 0 Å². The lowest BCUT2D eigenvalue weighted by Gasteiger charge is -2.62. The Labute approximate surface area is 170 Å². The average Bonchev–Trinajstić information content (AvgIpc) is 3.00. The largest absolute Gasteiger partial charge is 0.481 e. The van der Waals surface area contributed by atoms with E-state index in [4.69, 9.17) is 5.11 Å². The SMILES string of the molecule is CC(CCC(=O)O)[C@H]1CC[C@H]2[C@@H]3CC[C@@H]4C[C@H](O)CC[C@]4(C)[C@H]3C[C@H](O)[C@]12C. The Kier molecular flexibility index (Phi) is 5.36. The number of aliphatic hydroxyl groups excluding tert-OH is 2. The van der Waals surface area contributed by atoms with Gasteiger partial charge in [0.1, 0.15) is 0 Å². The molecule has 0 aromatic rings. The molecule has 160 valence electrons. The minimum Gasteiger partial charge on any atom is -0.481 e. The maximum Gasteiger partial charge on any atom is 0.303 e. The van der Waals surface area contributed by atoms with Crippen LogP contribution in [0.4, 0.5) is 0 Å². The Morgan fingerprint density at radius 3 is 2.50 bits per heavy atom. The van der Waals surface area contributed by atoms with Crippen molar-refractivity contribution in [3.63, 3.8) is 0 Å². The van der Waals surface area contributed by atoms with Gasteiger partial charge in [0.15, 0.2) is 0 Å². The first-order valence-electron chi connectivity index (χ1n) is 11.8. The topological polar surface area (TPSA) is 77.8 Å². The summed E-state index contributed by atoms with van der Waals surface area (Å²) in [6.07, 6.45) is 9.26. The molecule has 0 radical (unpaired) electrons. The van der Waals surface area contributed by atoms with Gasteiger partial charge in [-0.05, 0) is 104 Å². The number of carboxylic acid groups (broad SMARTS) is 1. The van der Waals surface area contributed by atoms with Gasteiger partial charge in [0, 0.05) is 6.42 Å². The quantitative estimate of drug-likeness (QED) is 0.659. The highest BCUT2D eigenvalue weighted by Crippen LogP contribution is 2.68. The Morgan fingerprint density at radius 2 is 1.79 bits per heavy atom. The number of carbonyl (C=O) groups is 1. The fourth-order valence-corrected chi connectivity index (χ4v) is 8.71. The van der Waals surface area contributed by atoms with Gasteiger partial charge in [-0.25, -0.2) is 0 Å². The lowest BCUT2D eigenvalue weighted by Crippen LogP contribution is -2.58. The molecular formula is C24H40O4. The smallest absolute Gasteiger partial charge is 0.303 e. The van der Waals surface area contributed by atoms with Gasteiger partial charge in [-0.3, -0.25) is 4.79 Å². The highest BCUT2D eigenvalue weighted by Gasteiger charge is 2.63. The number of aliphatic carboxylic acids is 1. The monoisotopic (exact) mass is 392 g/mol. The highest BCUT2D eigenvalue weighted by atomic mass is 16.4. The van der Waals surface area contributed by atoms with Crippen molar-refractivity contribution >= 4 is 5.97 Å². The van der Waals surface area contributed by atoms with Crippen molar-refractivity contribution in [3.8, 4) is 0 Å². The maximum atomic E-state index is 11.5. The summed E-state index contributed by atoms with van der Waals surface area (Å²) in [7, 11) is 0. The molecule has 28 heavy (non-hydrogen) atoms. The van der Waals surface area contributed by atoms with E-state index in [1.165, 1.54) is 19.3 Å². The molecule has 0 aromatic carbocycles. The summed E-state index contributed by atoms with van der Waals surface area (Å²) in [5.41, 5.74) is 0.216. The van der Waals surface area contributed by atoms with Crippen molar-refractivity contribution in [3.05, 3.63) is 0 Å². The van der Waals surface area contributed by atoms with Gasteiger partial charge in [-0.15, -0.1) is 0 Å². The number of rotatable bonds is 4. The van der Waals surface area contributed by atoms with Gasteiger partial charge in [-0.1, -0.05) is 20.8 Å². The summed E-state index contributed by atoms with van der Waals surface area (Å²) >= 11 is 0. The van der Waals surface area contributed by atoms with E-state index in [-0.39, 0.29) is 29.5 Å². The first-order valence-corrected chi connectivity index (χ1v) is 11.8. The second-order valence-corrected chi connectivity index (χ2v) is 11.3. The van der Waals surface area contributed by atoms with E-state index >= 15 is 0 Å². The lowest BCUT2D eigenvalue weighted by molar-refractivity contribution is -0.175. The van der Waals surface area contributed by atoms with Crippen molar-refractivity contribution in [2.75, 3.05) is 0 Å². The molecule has 4 heteroatoms. The first-order chi connectivity index (χ1) is 13.2. The predicted octanol–water partition coefficient (Wildman–Crippen LogP) is 4.48. The maximum absolute atomic E-state index is 11.5. The van der Waals surface area contributed by atoms with E-state index in [1.54, 1.807) is 0 Å². The number of carboxylic acids is 1. The number of aliphatic hydroxyl groups is 2. The molecule has 4 aliphatic carbocycles. The molecule has 0 heterocycles. The molecule has 10 atom stereocenters. The van der Waals surface area contributed by atoms with Crippen LogP contribution in [0.3, 0.4) is 0 Å². The molecule has 3 N–H and O–H groups in total. The summed E-state index contributed by atoms with van der Waals surface area (Å²) in [5, 5.41) is 30.8. The van der Waals surface area contributed by atoms with Crippen LogP contribution in [0.1, 0.15) is 85.0 Å². The minimum atomic E-state index is -0.707. The van der Waals surface area contributed by atoms with E-state index in [9.17, 15) is 15.0 Å². The molecule has 4 fully saturated rings. The van der Waals surface area contributed by atoms with Crippen LogP contribution in [0.5, 0.6) is 0 Å². The van der Waals surface area contributed by atoms with Gasteiger partial charge < -0.3 is 15.3 Å². The summed E-state index contributed by atoms with van der Waals surface area (Å²) in [4.78, 5) is 11.1. The zero-order valence-corrected chi connectivity index (χ0v) is 17.9. The molecule has 0 aromatic heterocycles.